The topological polar surface area (TPSA) is 61.8 Å². The molecule has 5 nitrogen and oxygen atoms in total. The van der Waals surface area contributed by atoms with Gasteiger partial charge in [-0.25, -0.2) is 9.59 Å². The number of carbonyl (C=O) groups is 2. The molecule has 0 aliphatic heterocycles. The summed E-state index contributed by atoms with van der Waals surface area (Å²) < 4.78 is 16.5. The second kappa shape index (κ2) is 13.9. The van der Waals surface area contributed by atoms with Gasteiger partial charge in [0, 0.05) is 0 Å². The zero-order chi connectivity index (χ0) is 25.8. The molecule has 0 saturated heterocycles. The third kappa shape index (κ3) is 8.12. The number of hydrogen-bond acceptors (Lipinski definition) is 5. The summed E-state index contributed by atoms with van der Waals surface area (Å²) in [7, 11) is 0. The normalized spacial score (nSPS) is 11.4. The van der Waals surface area contributed by atoms with E-state index < -0.39 is 5.97 Å². The zero-order valence-corrected chi connectivity index (χ0v) is 21.1. The van der Waals surface area contributed by atoms with Gasteiger partial charge in [0.2, 0.25) is 0 Å². The summed E-state index contributed by atoms with van der Waals surface area (Å²) in [4.78, 5) is 25.0. The van der Waals surface area contributed by atoms with Crippen molar-refractivity contribution in [2.75, 3.05) is 6.61 Å². The molecule has 0 N–H and O–H groups in total. The van der Waals surface area contributed by atoms with Crippen molar-refractivity contribution in [1.29, 1.82) is 0 Å². The summed E-state index contributed by atoms with van der Waals surface area (Å²) in [5, 5.41) is 0. The first-order valence-corrected chi connectivity index (χ1v) is 12.5. The fourth-order valence-corrected chi connectivity index (χ4v) is 3.69. The van der Waals surface area contributed by atoms with E-state index in [1.807, 2.05) is 43.3 Å². The minimum atomic E-state index is -0.467. The summed E-state index contributed by atoms with van der Waals surface area (Å²) in [6.07, 6.45) is 7.01. The van der Waals surface area contributed by atoms with Gasteiger partial charge in [0.05, 0.1) is 17.2 Å². The van der Waals surface area contributed by atoms with Crippen LogP contribution in [0.4, 0.5) is 0 Å². The molecule has 3 aromatic rings. The van der Waals surface area contributed by atoms with Crippen molar-refractivity contribution in [1.82, 2.24) is 0 Å². The molecule has 1 unspecified atom stereocenters. The van der Waals surface area contributed by atoms with Gasteiger partial charge < -0.3 is 14.2 Å². The maximum absolute atomic E-state index is 12.6. The van der Waals surface area contributed by atoms with Crippen LogP contribution in [0.5, 0.6) is 11.5 Å². The van der Waals surface area contributed by atoms with E-state index in [2.05, 4.69) is 13.5 Å². The fraction of sp³-hybridized carbons (Fsp3) is 0.290. The maximum atomic E-state index is 12.6. The lowest BCUT2D eigenvalue weighted by Gasteiger charge is -2.13. The Labute approximate surface area is 213 Å². The molecule has 0 saturated carbocycles. The van der Waals surface area contributed by atoms with Crippen molar-refractivity contribution in [3.05, 3.63) is 96.6 Å². The number of ether oxygens (including phenoxy) is 3. The molecule has 0 heterocycles. The fourth-order valence-electron chi connectivity index (χ4n) is 3.69. The maximum Gasteiger partial charge on any atom is 0.343 e. The van der Waals surface area contributed by atoms with E-state index in [0.717, 1.165) is 36.1 Å². The van der Waals surface area contributed by atoms with Crippen LogP contribution in [-0.2, 0) is 4.74 Å². The average Bonchev–Trinajstić information content (AvgIpc) is 2.90. The first kappa shape index (κ1) is 26.7. The van der Waals surface area contributed by atoms with Crippen LogP contribution in [0.25, 0.3) is 11.1 Å². The second-order valence-electron chi connectivity index (χ2n) is 8.68. The van der Waals surface area contributed by atoms with Crippen LogP contribution in [0.3, 0.4) is 0 Å². The number of rotatable bonds is 13. The summed E-state index contributed by atoms with van der Waals surface area (Å²) in [5.74, 6) is 0.302. The third-order valence-electron chi connectivity index (χ3n) is 5.75. The number of carbonyl (C=O) groups excluding carboxylic acids is 2. The summed E-state index contributed by atoms with van der Waals surface area (Å²) in [6, 6.07) is 21.4. The minimum Gasteiger partial charge on any atom is -0.490 e. The molecule has 188 valence electrons. The molecule has 3 aromatic carbocycles. The summed E-state index contributed by atoms with van der Waals surface area (Å²) in [6.45, 7) is 8.19. The van der Waals surface area contributed by atoms with Gasteiger partial charge in [-0.05, 0) is 79.4 Å². The SMILES string of the molecule is C=CCOc1ccc(-c2ccc(C(=O)Oc3ccc(C(=O)OC(C)CCCCCC)cc3)cc2)cc1. The highest BCUT2D eigenvalue weighted by Gasteiger charge is 2.14. The number of hydrogen-bond donors (Lipinski definition) is 0. The van der Waals surface area contributed by atoms with E-state index >= 15 is 0 Å². The van der Waals surface area contributed by atoms with Crippen LogP contribution in [0.1, 0.15) is 66.7 Å². The average molecular weight is 487 g/mol. The summed E-state index contributed by atoms with van der Waals surface area (Å²) in [5.41, 5.74) is 2.86. The molecule has 0 spiro atoms. The Morgan fingerprint density at radius 1 is 0.778 bits per heavy atom. The van der Waals surface area contributed by atoms with E-state index in [9.17, 15) is 9.59 Å². The van der Waals surface area contributed by atoms with Gasteiger partial charge in [0.15, 0.2) is 0 Å². The molecule has 36 heavy (non-hydrogen) atoms. The first-order chi connectivity index (χ1) is 17.5. The van der Waals surface area contributed by atoms with Crippen molar-refractivity contribution < 1.29 is 23.8 Å². The highest BCUT2D eigenvalue weighted by molar-refractivity contribution is 5.92. The van der Waals surface area contributed by atoms with E-state index in [1.165, 1.54) is 12.8 Å². The molecule has 1 atom stereocenters. The molecule has 0 fully saturated rings. The molecule has 0 radical (unpaired) electrons. The Kier molecular flexibility index (Phi) is 10.3. The number of benzene rings is 3. The van der Waals surface area contributed by atoms with E-state index in [-0.39, 0.29) is 12.1 Å². The smallest absolute Gasteiger partial charge is 0.343 e. The molecule has 0 aromatic heterocycles. The van der Waals surface area contributed by atoms with Crippen molar-refractivity contribution >= 4 is 11.9 Å². The van der Waals surface area contributed by atoms with Crippen LogP contribution in [-0.4, -0.2) is 24.6 Å². The van der Waals surface area contributed by atoms with E-state index in [4.69, 9.17) is 14.2 Å². The van der Waals surface area contributed by atoms with Crippen LogP contribution in [0.2, 0.25) is 0 Å². The van der Waals surface area contributed by atoms with Crippen LogP contribution in [0, 0.1) is 0 Å². The van der Waals surface area contributed by atoms with E-state index in [1.54, 1.807) is 42.5 Å². The molecular weight excluding hydrogens is 452 g/mol. The van der Waals surface area contributed by atoms with Gasteiger partial charge in [0.1, 0.15) is 18.1 Å². The molecule has 0 aliphatic carbocycles. The van der Waals surface area contributed by atoms with Gasteiger partial charge in [0.25, 0.3) is 0 Å². The Hall–Kier alpha value is -3.86. The second-order valence-corrected chi connectivity index (χ2v) is 8.68. The van der Waals surface area contributed by atoms with Gasteiger partial charge in [-0.2, -0.15) is 0 Å². The number of esters is 2. The Balaban J connectivity index is 1.52. The predicted molar refractivity (Wildman–Crippen MR) is 143 cm³/mol. The monoisotopic (exact) mass is 486 g/mol. The molecule has 0 bridgehead atoms. The van der Waals surface area contributed by atoms with Gasteiger partial charge >= 0.3 is 11.9 Å². The van der Waals surface area contributed by atoms with Crippen LogP contribution < -0.4 is 9.47 Å². The van der Waals surface area contributed by atoms with Crippen molar-refractivity contribution in [2.24, 2.45) is 0 Å². The van der Waals surface area contributed by atoms with Crippen LogP contribution in [0.15, 0.2) is 85.5 Å². The Morgan fingerprint density at radius 2 is 1.33 bits per heavy atom. The van der Waals surface area contributed by atoms with Gasteiger partial charge in [-0.15, -0.1) is 0 Å². The lowest BCUT2D eigenvalue weighted by molar-refractivity contribution is 0.0319. The molecule has 5 heteroatoms. The largest absolute Gasteiger partial charge is 0.490 e. The molecule has 0 aliphatic rings. The lowest BCUT2D eigenvalue weighted by atomic mass is 10.0. The van der Waals surface area contributed by atoms with Crippen molar-refractivity contribution in [3.8, 4) is 22.6 Å². The highest BCUT2D eigenvalue weighted by atomic mass is 16.5. The number of unbranched alkanes of at least 4 members (excludes halogenated alkanes) is 3. The quantitative estimate of drug-likeness (QED) is 0.107. The minimum absolute atomic E-state index is 0.127. The lowest BCUT2D eigenvalue weighted by Crippen LogP contribution is -2.15. The highest BCUT2D eigenvalue weighted by Crippen LogP contribution is 2.24. The third-order valence-corrected chi connectivity index (χ3v) is 5.75. The van der Waals surface area contributed by atoms with Gasteiger partial charge in [-0.1, -0.05) is 63.1 Å². The van der Waals surface area contributed by atoms with Crippen molar-refractivity contribution in [2.45, 2.75) is 52.1 Å². The van der Waals surface area contributed by atoms with Crippen molar-refractivity contribution in [3.63, 3.8) is 0 Å². The Morgan fingerprint density at radius 3 is 1.94 bits per heavy atom. The molecule has 3 rings (SSSR count). The standard InChI is InChI=1S/C31H34O5/c1-4-6-7-8-9-23(3)35-30(32)27-16-20-29(21-17-27)36-31(33)26-12-10-24(11-13-26)25-14-18-28(19-15-25)34-22-5-2/h5,10-21,23H,2,4,6-9,22H2,1,3H3. The van der Waals surface area contributed by atoms with Gasteiger partial charge in [-0.3, -0.25) is 0 Å². The first-order valence-electron chi connectivity index (χ1n) is 12.5. The molecular formula is C31H34O5. The van der Waals surface area contributed by atoms with Crippen LogP contribution >= 0.6 is 0 Å². The predicted octanol–water partition coefficient (Wildman–Crippen LogP) is 7.65. The zero-order valence-electron chi connectivity index (χ0n) is 21.1. The molecule has 0 amide bonds. The Bertz CT molecular complexity index is 1120. The summed E-state index contributed by atoms with van der Waals surface area (Å²) >= 11 is 0. The van der Waals surface area contributed by atoms with E-state index in [0.29, 0.717) is 23.5 Å².